The Labute approximate surface area is 123 Å². The van der Waals surface area contributed by atoms with Gasteiger partial charge in [-0.15, -0.1) is 0 Å². The number of hydrogen-bond acceptors (Lipinski definition) is 3. The molecule has 0 spiro atoms. The largest absolute Gasteiger partial charge is 0.496 e. The van der Waals surface area contributed by atoms with Gasteiger partial charge in [-0.2, -0.15) is 5.10 Å². The molecule has 1 aromatic heterocycles. The monoisotopic (exact) mass is 285 g/mol. The second-order valence-electron chi connectivity index (χ2n) is 5.22. The zero-order valence-corrected chi connectivity index (χ0v) is 12.1. The van der Waals surface area contributed by atoms with Gasteiger partial charge in [0, 0.05) is 12.7 Å². The lowest BCUT2D eigenvalue weighted by molar-refractivity contribution is 0.0602. The predicted octanol–water partition coefficient (Wildman–Crippen LogP) is 2.79. The first kappa shape index (κ1) is 13.7. The van der Waals surface area contributed by atoms with Crippen molar-refractivity contribution >= 4 is 5.91 Å². The summed E-state index contributed by atoms with van der Waals surface area (Å²) in [5.74, 6) is 0.642. The van der Waals surface area contributed by atoms with Gasteiger partial charge < -0.3 is 9.64 Å². The zero-order chi connectivity index (χ0) is 14.7. The standard InChI is InChI=1S/C16H19N3O2/c1-21-15-8-3-2-6-12(15)16(20)19-11-5-4-7-14(19)13-9-10-17-18-13/h2-3,6,8-10,14H,4-5,7,11H2,1H3,(H,17,18). The number of methoxy groups -OCH3 is 1. The maximum absolute atomic E-state index is 12.9. The molecule has 1 N–H and O–H groups in total. The van der Waals surface area contributed by atoms with E-state index >= 15 is 0 Å². The molecular formula is C16H19N3O2. The summed E-state index contributed by atoms with van der Waals surface area (Å²) >= 11 is 0. The SMILES string of the molecule is COc1ccccc1C(=O)N1CCCCC1c1ccn[nH]1. The average Bonchev–Trinajstić information content (AvgIpc) is 3.08. The number of hydrogen-bond donors (Lipinski definition) is 1. The number of rotatable bonds is 3. The van der Waals surface area contributed by atoms with Crippen LogP contribution in [-0.2, 0) is 0 Å². The lowest BCUT2D eigenvalue weighted by Gasteiger charge is -2.35. The third kappa shape index (κ3) is 2.63. The molecule has 1 aliphatic heterocycles. The van der Waals surface area contributed by atoms with Gasteiger partial charge in [0.25, 0.3) is 5.91 Å². The molecule has 0 radical (unpaired) electrons. The summed E-state index contributed by atoms with van der Waals surface area (Å²) in [5.41, 5.74) is 1.62. The van der Waals surface area contributed by atoms with Crippen molar-refractivity contribution in [2.24, 2.45) is 0 Å². The number of amides is 1. The maximum atomic E-state index is 12.9. The lowest BCUT2D eigenvalue weighted by Crippen LogP contribution is -2.38. The summed E-state index contributed by atoms with van der Waals surface area (Å²) in [7, 11) is 1.59. The minimum atomic E-state index is 0.0201. The van der Waals surface area contributed by atoms with Crippen LogP contribution in [0.3, 0.4) is 0 Å². The van der Waals surface area contributed by atoms with Crippen LogP contribution in [0.15, 0.2) is 36.5 Å². The van der Waals surface area contributed by atoms with Gasteiger partial charge in [0.15, 0.2) is 0 Å². The fraction of sp³-hybridized carbons (Fsp3) is 0.375. The number of carbonyl (C=O) groups is 1. The zero-order valence-electron chi connectivity index (χ0n) is 12.1. The van der Waals surface area contributed by atoms with Gasteiger partial charge in [-0.1, -0.05) is 12.1 Å². The Morgan fingerprint density at radius 1 is 1.33 bits per heavy atom. The molecule has 1 aromatic carbocycles. The van der Waals surface area contributed by atoms with E-state index in [9.17, 15) is 4.79 Å². The van der Waals surface area contributed by atoms with Crippen LogP contribution in [0.2, 0.25) is 0 Å². The van der Waals surface area contributed by atoms with E-state index in [1.54, 1.807) is 13.3 Å². The van der Waals surface area contributed by atoms with E-state index in [1.165, 1.54) is 0 Å². The van der Waals surface area contributed by atoms with Crippen LogP contribution >= 0.6 is 0 Å². The van der Waals surface area contributed by atoms with Gasteiger partial charge in [0.1, 0.15) is 5.75 Å². The van der Waals surface area contributed by atoms with Gasteiger partial charge in [-0.3, -0.25) is 9.89 Å². The molecule has 1 atom stereocenters. The van der Waals surface area contributed by atoms with Gasteiger partial charge in [-0.05, 0) is 37.5 Å². The van der Waals surface area contributed by atoms with E-state index in [0.29, 0.717) is 11.3 Å². The van der Waals surface area contributed by atoms with E-state index in [1.807, 2.05) is 35.2 Å². The van der Waals surface area contributed by atoms with Crippen LogP contribution in [0.4, 0.5) is 0 Å². The minimum absolute atomic E-state index is 0.0201. The van der Waals surface area contributed by atoms with E-state index in [4.69, 9.17) is 4.74 Å². The number of likely N-dealkylation sites (tertiary alicyclic amines) is 1. The number of benzene rings is 1. The molecule has 21 heavy (non-hydrogen) atoms. The number of nitrogens with one attached hydrogen (secondary N) is 1. The molecule has 1 amide bonds. The average molecular weight is 285 g/mol. The number of nitrogens with zero attached hydrogens (tertiary/aromatic N) is 2. The number of piperidine rings is 1. The molecule has 0 bridgehead atoms. The maximum Gasteiger partial charge on any atom is 0.258 e. The van der Waals surface area contributed by atoms with Crippen LogP contribution in [0, 0.1) is 0 Å². The van der Waals surface area contributed by atoms with Crippen LogP contribution in [0.5, 0.6) is 5.75 Å². The molecule has 2 heterocycles. The highest BCUT2D eigenvalue weighted by atomic mass is 16.5. The molecule has 0 saturated carbocycles. The van der Waals surface area contributed by atoms with Crippen molar-refractivity contribution in [2.75, 3.05) is 13.7 Å². The van der Waals surface area contributed by atoms with E-state index in [-0.39, 0.29) is 11.9 Å². The number of carbonyl (C=O) groups excluding carboxylic acids is 1. The Morgan fingerprint density at radius 3 is 2.95 bits per heavy atom. The summed E-state index contributed by atoms with van der Waals surface area (Å²) in [6.45, 7) is 0.764. The van der Waals surface area contributed by atoms with Gasteiger partial charge in [0.05, 0.1) is 24.4 Å². The van der Waals surface area contributed by atoms with Gasteiger partial charge in [0.2, 0.25) is 0 Å². The van der Waals surface area contributed by atoms with E-state index in [2.05, 4.69) is 10.2 Å². The Balaban J connectivity index is 1.91. The fourth-order valence-electron chi connectivity index (χ4n) is 2.93. The van der Waals surface area contributed by atoms with Crippen molar-refractivity contribution in [2.45, 2.75) is 25.3 Å². The topological polar surface area (TPSA) is 58.2 Å². The molecule has 0 aliphatic carbocycles. The summed E-state index contributed by atoms with van der Waals surface area (Å²) in [6.07, 6.45) is 4.85. The Bertz CT molecular complexity index is 610. The smallest absolute Gasteiger partial charge is 0.258 e. The highest BCUT2D eigenvalue weighted by Gasteiger charge is 2.30. The minimum Gasteiger partial charge on any atom is -0.496 e. The van der Waals surface area contributed by atoms with Crippen molar-refractivity contribution in [3.8, 4) is 5.75 Å². The first-order chi connectivity index (χ1) is 10.3. The normalized spacial score (nSPS) is 18.5. The second-order valence-corrected chi connectivity index (χ2v) is 5.22. The molecule has 1 saturated heterocycles. The van der Waals surface area contributed by atoms with E-state index in [0.717, 1.165) is 31.5 Å². The predicted molar refractivity (Wildman–Crippen MR) is 79.2 cm³/mol. The molecular weight excluding hydrogens is 266 g/mol. The van der Waals surface area contributed by atoms with Crippen LogP contribution in [-0.4, -0.2) is 34.7 Å². The van der Waals surface area contributed by atoms with Gasteiger partial charge in [-0.25, -0.2) is 0 Å². The Hall–Kier alpha value is -2.30. The molecule has 1 aliphatic rings. The van der Waals surface area contributed by atoms with Crippen LogP contribution < -0.4 is 4.74 Å². The quantitative estimate of drug-likeness (QED) is 0.943. The lowest BCUT2D eigenvalue weighted by atomic mass is 9.98. The number of H-pyrrole nitrogens is 1. The first-order valence-electron chi connectivity index (χ1n) is 7.24. The molecule has 1 fully saturated rings. The van der Waals surface area contributed by atoms with Gasteiger partial charge >= 0.3 is 0 Å². The molecule has 3 rings (SSSR count). The number of ether oxygens (including phenoxy) is 1. The molecule has 5 heteroatoms. The number of aromatic amines is 1. The Kier molecular flexibility index (Phi) is 3.90. The number of aromatic nitrogens is 2. The third-order valence-electron chi connectivity index (χ3n) is 3.98. The van der Waals surface area contributed by atoms with E-state index < -0.39 is 0 Å². The highest BCUT2D eigenvalue weighted by Crippen LogP contribution is 2.32. The highest BCUT2D eigenvalue weighted by molar-refractivity contribution is 5.97. The third-order valence-corrected chi connectivity index (χ3v) is 3.98. The van der Waals surface area contributed by atoms with Crippen molar-refractivity contribution in [3.63, 3.8) is 0 Å². The summed E-state index contributed by atoms with van der Waals surface area (Å²) in [4.78, 5) is 14.8. The Morgan fingerprint density at radius 2 is 2.19 bits per heavy atom. The van der Waals surface area contributed by atoms with Crippen molar-refractivity contribution in [1.29, 1.82) is 0 Å². The van der Waals surface area contributed by atoms with Crippen molar-refractivity contribution < 1.29 is 9.53 Å². The molecule has 110 valence electrons. The molecule has 1 unspecified atom stereocenters. The molecule has 5 nitrogen and oxygen atoms in total. The molecule has 2 aromatic rings. The fourth-order valence-corrected chi connectivity index (χ4v) is 2.93. The first-order valence-corrected chi connectivity index (χ1v) is 7.24. The van der Waals surface area contributed by atoms with Crippen LogP contribution in [0.25, 0.3) is 0 Å². The summed E-state index contributed by atoms with van der Waals surface area (Å²) in [6, 6.07) is 9.39. The number of para-hydroxylation sites is 1. The summed E-state index contributed by atoms with van der Waals surface area (Å²) in [5, 5.41) is 7.01. The second kappa shape index (κ2) is 5.99. The summed E-state index contributed by atoms with van der Waals surface area (Å²) < 4.78 is 5.32. The van der Waals surface area contributed by atoms with Crippen molar-refractivity contribution in [1.82, 2.24) is 15.1 Å². The van der Waals surface area contributed by atoms with Crippen LogP contribution in [0.1, 0.15) is 41.4 Å². The van der Waals surface area contributed by atoms with Crippen molar-refractivity contribution in [3.05, 3.63) is 47.8 Å².